The number of nitrogens with zero attached hydrogens (tertiary/aromatic N) is 4. The lowest BCUT2D eigenvalue weighted by molar-refractivity contribution is 0.232. The SMILES string of the molecule is CN=C(NCCCn1cc(C)cn1)NCCN1CCCCC1. The normalized spacial score (nSPS) is 16.7. The lowest BCUT2D eigenvalue weighted by Gasteiger charge is -2.26. The van der Waals surface area contributed by atoms with E-state index in [0.29, 0.717) is 0 Å². The molecule has 1 saturated heterocycles. The van der Waals surface area contributed by atoms with E-state index in [1.165, 1.54) is 37.9 Å². The van der Waals surface area contributed by atoms with E-state index in [1.807, 2.05) is 17.9 Å². The average molecular weight is 306 g/mol. The molecular formula is C16H30N6. The molecule has 0 saturated carbocycles. The van der Waals surface area contributed by atoms with Gasteiger partial charge in [-0.1, -0.05) is 6.42 Å². The lowest BCUT2D eigenvalue weighted by atomic mass is 10.1. The highest BCUT2D eigenvalue weighted by Crippen LogP contribution is 2.07. The molecule has 0 aliphatic carbocycles. The fraction of sp³-hybridized carbons (Fsp3) is 0.750. The number of nitrogens with one attached hydrogen (secondary N) is 2. The number of likely N-dealkylation sites (tertiary alicyclic amines) is 1. The molecule has 6 heteroatoms. The molecule has 0 spiro atoms. The van der Waals surface area contributed by atoms with Crippen LogP contribution in [0, 0.1) is 6.92 Å². The van der Waals surface area contributed by atoms with Crippen molar-refractivity contribution in [2.45, 2.75) is 39.2 Å². The van der Waals surface area contributed by atoms with Crippen LogP contribution in [0.1, 0.15) is 31.2 Å². The molecule has 22 heavy (non-hydrogen) atoms. The van der Waals surface area contributed by atoms with Gasteiger partial charge in [-0.3, -0.25) is 9.67 Å². The predicted molar refractivity (Wildman–Crippen MR) is 91.2 cm³/mol. The summed E-state index contributed by atoms with van der Waals surface area (Å²) in [6.07, 6.45) is 9.09. The highest BCUT2D eigenvalue weighted by atomic mass is 15.3. The molecular weight excluding hydrogens is 276 g/mol. The maximum Gasteiger partial charge on any atom is 0.191 e. The van der Waals surface area contributed by atoms with Gasteiger partial charge in [0.15, 0.2) is 5.96 Å². The first-order valence-electron chi connectivity index (χ1n) is 8.44. The minimum Gasteiger partial charge on any atom is -0.356 e. The molecule has 2 heterocycles. The van der Waals surface area contributed by atoms with Gasteiger partial charge in [-0.25, -0.2) is 0 Å². The van der Waals surface area contributed by atoms with Crippen LogP contribution in [-0.2, 0) is 6.54 Å². The zero-order valence-electron chi connectivity index (χ0n) is 14.0. The van der Waals surface area contributed by atoms with Crippen LogP contribution in [0.25, 0.3) is 0 Å². The van der Waals surface area contributed by atoms with Crippen LogP contribution in [-0.4, -0.2) is 60.4 Å². The monoisotopic (exact) mass is 306 g/mol. The number of guanidine groups is 1. The second-order valence-corrected chi connectivity index (χ2v) is 5.96. The number of aryl methyl sites for hydroxylation is 2. The summed E-state index contributed by atoms with van der Waals surface area (Å²) >= 11 is 0. The van der Waals surface area contributed by atoms with Crippen LogP contribution in [0.5, 0.6) is 0 Å². The van der Waals surface area contributed by atoms with Gasteiger partial charge in [-0.15, -0.1) is 0 Å². The summed E-state index contributed by atoms with van der Waals surface area (Å²) in [6, 6.07) is 0. The first-order chi connectivity index (χ1) is 10.8. The van der Waals surface area contributed by atoms with Crippen LogP contribution in [0.3, 0.4) is 0 Å². The fourth-order valence-corrected chi connectivity index (χ4v) is 2.77. The van der Waals surface area contributed by atoms with E-state index in [4.69, 9.17) is 0 Å². The number of piperidine rings is 1. The third-order valence-electron chi connectivity index (χ3n) is 4.01. The van der Waals surface area contributed by atoms with Gasteiger partial charge in [0.25, 0.3) is 0 Å². The van der Waals surface area contributed by atoms with Crippen LogP contribution in [0.2, 0.25) is 0 Å². The van der Waals surface area contributed by atoms with E-state index < -0.39 is 0 Å². The van der Waals surface area contributed by atoms with Crippen molar-refractivity contribution in [3.63, 3.8) is 0 Å². The van der Waals surface area contributed by atoms with E-state index in [0.717, 1.165) is 38.6 Å². The molecule has 6 nitrogen and oxygen atoms in total. The van der Waals surface area contributed by atoms with Crippen LogP contribution in [0.4, 0.5) is 0 Å². The first-order valence-corrected chi connectivity index (χ1v) is 8.44. The first kappa shape index (κ1) is 16.8. The van der Waals surface area contributed by atoms with Gasteiger partial charge >= 0.3 is 0 Å². The van der Waals surface area contributed by atoms with Crippen molar-refractivity contribution in [3.8, 4) is 0 Å². The smallest absolute Gasteiger partial charge is 0.191 e. The summed E-state index contributed by atoms with van der Waals surface area (Å²) in [6.45, 7) is 8.46. The van der Waals surface area contributed by atoms with Crippen molar-refractivity contribution < 1.29 is 0 Å². The van der Waals surface area contributed by atoms with Crippen molar-refractivity contribution in [1.82, 2.24) is 25.3 Å². The van der Waals surface area contributed by atoms with Crippen molar-refractivity contribution in [2.75, 3.05) is 39.8 Å². The Morgan fingerprint density at radius 2 is 1.95 bits per heavy atom. The van der Waals surface area contributed by atoms with Crippen LogP contribution < -0.4 is 10.6 Å². The van der Waals surface area contributed by atoms with E-state index in [2.05, 4.69) is 38.7 Å². The molecule has 0 atom stereocenters. The zero-order valence-corrected chi connectivity index (χ0v) is 14.0. The topological polar surface area (TPSA) is 57.5 Å². The van der Waals surface area contributed by atoms with E-state index in [1.54, 1.807) is 0 Å². The van der Waals surface area contributed by atoms with E-state index in [9.17, 15) is 0 Å². The van der Waals surface area contributed by atoms with Gasteiger partial charge in [0.05, 0.1) is 6.20 Å². The maximum absolute atomic E-state index is 4.29. The average Bonchev–Trinajstić information content (AvgIpc) is 2.96. The van der Waals surface area contributed by atoms with Gasteiger partial charge in [-0.2, -0.15) is 5.10 Å². The summed E-state index contributed by atoms with van der Waals surface area (Å²) in [4.78, 5) is 6.80. The molecule has 2 N–H and O–H groups in total. The molecule has 0 aromatic carbocycles. The number of hydrogen-bond donors (Lipinski definition) is 2. The van der Waals surface area contributed by atoms with E-state index in [-0.39, 0.29) is 0 Å². The molecule has 0 amide bonds. The summed E-state index contributed by atoms with van der Waals surface area (Å²) in [5.41, 5.74) is 1.21. The summed E-state index contributed by atoms with van der Waals surface area (Å²) in [7, 11) is 1.83. The molecule has 0 unspecified atom stereocenters. The molecule has 0 bridgehead atoms. The number of hydrogen-bond acceptors (Lipinski definition) is 3. The van der Waals surface area contributed by atoms with Crippen molar-refractivity contribution >= 4 is 5.96 Å². The summed E-state index contributed by atoms with van der Waals surface area (Å²) in [5, 5.41) is 11.0. The van der Waals surface area contributed by atoms with Gasteiger partial charge in [0.1, 0.15) is 0 Å². The lowest BCUT2D eigenvalue weighted by Crippen LogP contribution is -2.43. The third kappa shape index (κ3) is 6.05. The Morgan fingerprint density at radius 1 is 1.18 bits per heavy atom. The van der Waals surface area contributed by atoms with Crippen molar-refractivity contribution in [1.29, 1.82) is 0 Å². The van der Waals surface area contributed by atoms with Crippen LogP contribution in [0.15, 0.2) is 17.4 Å². The highest BCUT2D eigenvalue weighted by Gasteiger charge is 2.09. The highest BCUT2D eigenvalue weighted by molar-refractivity contribution is 5.79. The van der Waals surface area contributed by atoms with Gasteiger partial charge in [-0.05, 0) is 44.8 Å². The Balaban J connectivity index is 1.54. The third-order valence-corrected chi connectivity index (χ3v) is 4.01. The molecule has 1 aromatic rings. The molecule has 2 rings (SSSR count). The standard InChI is InChI=1S/C16H30N6/c1-15-13-20-22(14-15)11-6-7-18-16(17-2)19-8-12-21-9-4-3-5-10-21/h13-14H,3-12H2,1-2H3,(H2,17,18,19). The minimum atomic E-state index is 0.897. The Bertz CT molecular complexity index is 447. The second-order valence-electron chi connectivity index (χ2n) is 5.96. The van der Waals surface area contributed by atoms with Gasteiger partial charge in [0, 0.05) is 39.4 Å². The van der Waals surface area contributed by atoms with Gasteiger partial charge in [0.2, 0.25) is 0 Å². The fourth-order valence-electron chi connectivity index (χ4n) is 2.77. The van der Waals surface area contributed by atoms with Gasteiger partial charge < -0.3 is 15.5 Å². The molecule has 1 aromatic heterocycles. The number of aliphatic imine (C=N–C) groups is 1. The zero-order chi connectivity index (χ0) is 15.6. The Morgan fingerprint density at radius 3 is 2.64 bits per heavy atom. The Kier molecular flexibility index (Phi) is 7.22. The molecule has 1 fully saturated rings. The van der Waals surface area contributed by atoms with Crippen LogP contribution >= 0.6 is 0 Å². The number of rotatable bonds is 7. The summed E-state index contributed by atoms with van der Waals surface area (Å²) < 4.78 is 1.99. The number of aromatic nitrogens is 2. The van der Waals surface area contributed by atoms with Crippen molar-refractivity contribution in [3.05, 3.63) is 18.0 Å². The quantitative estimate of drug-likeness (QED) is 0.452. The minimum absolute atomic E-state index is 0.897. The van der Waals surface area contributed by atoms with Crippen molar-refractivity contribution in [2.24, 2.45) is 4.99 Å². The Hall–Kier alpha value is -1.56. The Labute approximate surface area is 134 Å². The largest absolute Gasteiger partial charge is 0.356 e. The maximum atomic E-state index is 4.29. The molecule has 0 radical (unpaired) electrons. The molecule has 1 aliphatic rings. The molecule has 1 aliphatic heterocycles. The predicted octanol–water partition coefficient (Wildman–Crippen LogP) is 1.23. The summed E-state index contributed by atoms with van der Waals surface area (Å²) in [5.74, 6) is 0.897. The molecule has 124 valence electrons. The second kappa shape index (κ2) is 9.46. The van der Waals surface area contributed by atoms with E-state index >= 15 is 0 Å².